The van der Waals surface area contributed by atoms with E-state index in [2.05, 4.69) is 73.8 Å². The quantitative estimate of drug-likeness (QED) is 0.273. The molecule has 0 radical (unpaired) electrons. The number of nitrogens with zero attached hydrogens (tertiary/aromatic N) is 3. The van der Waals surface area contributed by atoms with E-state index in [1.165, 1.54) is 38.1 Å². The Hall–Kier alpha value is -3.22. The number of aromatic amines is 1. The molecule has 0 atom stereocenters. The van der Waals surface area contributed by atoms with E-state index in [0.717, 1.165) is 11.4 Å². The number of nitrogens with one attached hydrogen (secondary N) is 1. The van der Waals surface area contributed by atoms with E-state index in [1.54, 1.807) is 19.1 Å². The van der Waals surface area contributed by atoms with E-state index in [9.17, 15) is 13.2 Å². The van der Waals surface area contributed by atoms with E-state index >= 15 is 0 Å². The summed E-state index contributed by atoms with van der Waals surface area (Å²) in [5.41, 5.74) is 14.5. The minimum absolute atomic E-state index is 0.274. The van der Waals surface area contributed by atoms with Crippen LogP contribution in [0.25, 0.3) is 5.69 Å². The third-order valence-corrected chi connectivity index (χ3v) is 4.68. The van der Waals surface area contributed by atoms with Crippen LogP contribution in [-0.2, 0) is 0 Å². The highest BCUT2D eigenvalue weighted by atomic mass is 127. The summed E-state index contributed by atoms with van der Waals surface area (Å²) in [5.74, 6) is 0.629. The number of rotatable bonds is 2. The van der Waals surface area contributed by atoms with Crippen LogP contribution in [-0.4, -0.2) is 26.3 Å². The number of aromatic nitrogens is 4. The first-order valence-electron chi connectivity index (χ1n) is 9.61. The van der Waals surface area contributed by atoms with Crippen molar-refractivity contribution >= 4 is 34.2 Å². The van der Waals surface area contributed by atoms with Crippen LogP contribution in [0.4, 0.5) is 24.8 Å². The molecule has 0 aliphatic carbocycles. The van der Waals surface area contributed by atoms with Gasteiger partial charge in [0.2, 0.25) is 0 Å². The second-order valence-electron chi connectivity index (χ2n) is 6.94. The van der Waals surface area contributed by atoms with Gasteiger partial charge in [-0.15, -0.1) is 13.2 Å². The Kier molecular flexibility index (Phi) is 9.14. The average Bonchev–Trinajstić information content (AvgIpc) is 3.27. The highest BCUT2D eigenvalue weighted by molar-refractivity contribution is 14.1. The number of nitrogen functional groups attached to an aromatic ring is 2. The zero-order chi connectivity index (χ0) is 24.6. The summed E-state index contributed by atoms with van der Waals surface area (Å²) in [4.78, 5) is 0. The van der Waals surface area contributed by atoms with Crippen LogP contribution < -0.4 is 16.2 Å². The molecule has 0 spiro atoms. The van der Waals surface area contributed by atoms with Gasteiger partial charge in [-0.05, 0) is 79.8 Å². The molecule has 4 aromatic rings. The Morgan fingerprint density at radius 3 is 1.88 bits per heavy atom. The van der Waals surface area contributed by atoms with E-state index in [4.69, 9.17) is 11.5 Å². The van der Waals surface area contributed by atoms with Gasteiger partial charge in [0, 0.05) is 27.1 Å². The molecule has 33 heavy (non-hydrogen) atoms. The van der Waals surface area contributed by atoms with Crippen molar-refractivity contribution in [1.29, 1.82) is 0 Å². The fourth-order valence-corrected chi connectivity index (χ4v) is 2.88. The van der Waals surface area contributed by atoms with Gasteiger partial charge in [-0.25, -0.2) is 4.68 Å². The maximum atomic E-state index is 12.0. The van der Waals surface area contributed by atoms with Gasteiger partial charge in [0.15, 0.2) is 0 Å². The molecule has 0 fully saturated rings. The smallest absolute Gasteiger partial charge is 0.406 e. The number of halogens is 4. The first-order valence-corrected chi connectivity index (χ1v) is 10.7. The maximum Gasteiger partial charge on any atom is 0.573 e. The molecule has 11 heteroatoms. The standard InChI is InChI=1S/C11H10F3N3O.C7H7I.C4H7N3/c1-7-6-10(15)16-17(7)8-2-4-9(5-3-8)18-11(12,13)14;1-6-2-4-7(8)5-3-6;1-3-2-4(5)7-6-3/h2-6H,1H3,(H2,15,16);2-5H,1H3;2H,1H3,(H3,5,6,7). The Morgan fingerprint density at radius 2 is 1.52 bits per heavy atom. The van der Waals surface area contributed by atoms with Gasteiger partial charge in [0.25, 0.3) is 0 Å². The molecule has 0 saturated heterocycles. The number of hydrogen-bond donors (Lipinski definition) is 3. The molecular formula is C22H24F3IN6O. The number of alkyl halides is 3. The molecule has 2 heterocycles. The van der Waals surface area contributed by atoms with Crippen molar-refractivity contribution in [1.82, 2.24) is 20.0 Å². The summed E-state index contributed by atoms with van der Waals surface area (Å²) >= 11 is 2.30. The molecule has 0 saturated carbocycles. The van der Waals surface area contributed by atoms with Gasteiger partial charge < -0.3 is 16.2 Å². The SMILES string of the molecule is Cc1cc(N)n[nH]1.Cc1cc(N)nn1-c1ccc(OC(F)(F)F)cc1.Cc1ccc(I)cc1. The lowest BCUT2D eigenvalue weighted by atomic mass is 10.2. The van der Waals surface area contributed by atoms with Crippen molar-refractivity contribution in [3.05, 3.63) is 81.2 Å². The van der Waals surface area contributed by atoms with Gasteiger partial charge in [-0.2, -0.15) is 10.2 Å². The number of anilines is 2. The predicted octanol–water partition coefficient (Wildman–Crippen LogP) is 5.56. The lowest BCUT2D eigenvalue weighted by molar-refractivity contribution is -0.274. The second-order valence-corrected chi connectivity index (χ2v) is 8.18. The van der Waals surface area contributed by atoms with Crippen molar-refractivity contribution in [3.8, 4) is 11.4 Å². The summed E-state index contributed by atoms with van der Waals surface area (Å²) in [6.45, 7) is 5.79. The topological polar surface area (TPSA) is 108 Å². The molecule has 0 aliphatic rings. The molecule has 0 aliphatic heterocycles. The fourth-order valence-electron chi connectivity index (χ4n) is 2.52. The molecule has 7 nitrogen and oxygen atoms in total. The highest BCUT2D eigenvalue weighted by Gasteiger charge is 2.30. The third kappa shape index (κ3) is 9.43. The van der Waals surface area contributed by atoms with Gasteiger partial charge >= 0.3 is 6.36 Å². The number of nitrogens with two attached hydrogens (primary N) is 2. The number of hydrogen-bond acceptors (Lipinski definition) is 5. The average molecular weight is 572 g/mol. The van der Waals surface area contributed by atoms with Crippen LogP contribution in [0.1, 0.15) is 17.0 Å². The van der Waals surface area contributed by atoms with Gasteiger partial charge in [-0.3, -0.25) is 5.10 Å². The molecule has 176 valence electrons. The van der Waals surface area contributed by atoms with E-state index in [-0.39, 0.29) is 5.75 Å². The summed E-state index contributed by atoms with van der Waals surface area (Å²) in [7, 11) is 0. The first kappa shape index (κ1) is 26.0. The molecule has 5 N–H and O–H groups in total. The summed E-state index contributed by atoms with van der Waals surface area (Å²) in [6.07, 6.45) is -4.69. The van der Waals surface area contributed by atoms with Crippen molar-refractivity contribution < 1.29 is 17.9 Å². The van der Waals surface area contributed by atoms with Crippen LogP contribution in [0, 0.1) is 24.3 Å². The van der Waals surface area contributed by atoms with Gasteiger partial charge in [0.1, 0.15) is 17.4 Å². The third-order valence-electron chi connectivity index (χ3n) is 3.96. The molecule has 2 aromatic heterocycles. The number of aryl methyl sites for hydroxylation is 3. The van der Waals surface area contributed by atoms with E-state index in [1.807, 2.05) is 6.92 Å². The number of H-pyrrole nitrogens is 1. The lowest BCUT2D eigenvalue weighted by Gasteiger charge is -2.09. The van der Waals surface area contributed by atoms with Crippen LogP contribution in [0.3, 0.4) is 0 Å². The molecule has 0 bridgehead atoms. The molecular weight excluding hydrogens is 548 g/mol. The second kappa shape index (κ2) is 11.6. The molecule has 0 amide bonds. The number of benzene rings is 2. The van der Waals surface area contributed by atoms with Crippen LogP contribution in [0.2, 0.25) is 0 Å². The Bertz CT molecular complexity index is 1100. The Balaban J connectivity index is 0.000000210. The van der Waals surface area contributed by atoms with Crippen LogP contribution >= 0.6 is 22.6 Å². The van der Waals surface area contributed by atoms with Gasteiger partial charge in [-0.1, -0.05) is 17.7 Å². The van der Waals surface area contributed by atoms with E-state index in [0.29, 0.717) is 17.3 Å². The number of ether oxygens (including phenoxy) is 1. The molecule has 2 aromatic carbocycles. The van der Waals surface area contributed by atoms with Crippen molar-refractivity contribution in [2.45, 2.75) is 27.1 Å². The minimum atomic E-state index is -4.69. The normalized spacial score (nSPS) is 10.5. The molecule has 4 rings (SSSR count). The fraction of sp³-hybridized carbons (Fsp3) is 0.182. The van der Waals surface area contributed by atoms with Crippen molar-refractivity contribution in [2.75, 3.05) is 11.5 Å². The Labute approximate surface area is 203 Å². The first-order chi connectivity index (χ1) is 15.4. The van der Waals surface area contributed by atoms with Crippen LogP contribution in [0.5, 0.6) is 5.75 Å². The molecule has 0 unspecified atom stereocenters. The Morgan fingerprint density at radius 1 is 0.909 bits per heavy atom. The summed E-state index contributed by atoms with van der Waals surface area (Å²) < 4.78 is 42.5. The summed E-state index contributed by atoms with van der Waals surface area (Å²) in [6, 6.07) is 17.3. The zero-order valence-corrected chi connectivity index (χ0v) is 20.3. The minimum Gasteiger partial charge on any atom is -0.406 e. The zero-order valence-electron chi connectivity index (χ0n) is 18.2. The van der Waals surface area contributed by atoms with Gasteiger partial charge in [0.05, 0.1) is 5.69 Å². The monoisotopic (exact) mass is 572 g/mol. The lowest BCUT2D eigenvalue weighted by Crippen LogP contribution is -2.17. The predicted molar refractivity (Wildman–Crippen MR) is 131 cm³/mol. The van der Waals surface area contributed by atoms with Crippen molar-refractivity contribution in [2.24, 2.45) is 0 Å². The highest BCUT2D eigenvalue weighted by Crippen LogP contribution is 2.24. The van der Waals surface area contributed by atoms with E-state index < -0.39 is 6.36 Å². The summed E-state index contributed by atoms with van der Waals surface area (Å²) in [5, 5.41) is 10.4. The van der Waals surface area contributed by atoms with Crippen LogP contribution in [0.15, 0.2) is 60.7 Å². The largest absolute Gasteiger partial charge is 0.573 e. The maximum absolute atomic E-state index is 12.0. The van der Waals surface area contributed by atoms with Crippen molar-refractivity contribution in [3.63, 3.8) is 0 Å².